The van der Waals surface area contributed by atoms with Crippen molar-refractivity contribution in [2.45, 2.75) is 64.0 Å². The quantitative estimate of drug-likeness (QED) is 0.766. The van der Waals surface area contributed by atoms with E-state index in [1.165, 1.54) is 12.8 Å². The van der Waals surface area contributed by atoms with E-state index in [1.54, 1.807) is 0 Å². The first-order valence-corrected chi connectivity index (χ1v) is 7.70. The van der Waals surface area contributed by atoms with Crippen LogP contribution >= 0.6 is 15.9 Å². The second-order valence-electron chi connectivity index (χ2n) is 5.12. The van der Waals surface area contributed by atoms with Crippen LogP contribution in [0.25, 0.3) is 0 Å². The molecule has 0 aliphatic carbocycles. The van der Waals surface area contributed by atoms with Crippen molar-refractivity contribution in [1.29, 1.82) is 0 Å². The van der Waals surface area contributed by atoms with E-state index in [2.05, 4.69) is 35.1 Å². The van der Waals surface area contributed by atoms with Gasteiger partial charge in [-0.2, -0.15) is 0 Å². The molecule has 100 valence electrons. The van der Waals surface area contributed by atoms with E-state index in [9.17, 15) is 4.79 Å². The van der Waals surface area contributed by atoms with Gasteiger partial charge in [0.25, 0.3) is 0 Å². The Kier molecular flexibility index (Phi) is 6.49. The summed E-state index contributed by atoms with van der Waals surface area (Å²) in [4.78, 5) is 11.8. The number of amides is 1. The number of alkyl halides is 1. The summed E-state index contributed by atoms with van der Waals surface area (Å²) >= 11 is 3.45. The molecule has 0 aromatic rings. The lowest BCUT2D eigenvalue weighted by Crippen LogP contribution is -2.47. The van der Waals surface area contributed by atoms with Crippen LogP contribution in [0.1, 0.15) is 52.4 Å². The van der Waals surface area contributed by atoms with E-state index in [1.807, 2.05) is 0 Å². The van der Waals surface area contributed by atoms with Crippen LogP contribution in [0.2, 0.25) is 0 Å². The van der Waals surface area contributed by atoms with Gasteiger partial charge in [0.2, 0.25) is 5.91 Å². The standard InChI is InChI=1S/C13H24BrNO2/c1-3-13(2,10-14)15-12(16)8-7-11-6-4-5-9-17-11/h11H,3-10H2,1-2H3,(H,15,16). The van der Waals surface area contributed by atoms with Crippen molar-refractivity contribution in [3.8, 4) is 0 Å². The van der Waals surface area contributed by atoms with Gasteiger partial charge in [-0.15, -0.1) is 0 Å². The lowest BCUT2D eigenvalue weighted by atomic mass is 10.0. The van der Waals surface area contributed by atoms with Crippen molar-refractivity contribution in [3.05, 3.63) is 0 Å². The first kappa shape index (κ1) is 15.0. The van der Waals surface area contributed by atoms with Gasteiger partial charge in [-0.05, 0) is 39.0 Å². The number of ether oxygens (including phenoxy) is 1. The molecule has 0 saturated carbocycles. The van der Waals surface area contributed by atoms with Gasteiger partial charge < -0.3 is 10.1 Å². The zero-order valence-electron chi connectivity index (χ0n) is 10.9. The summed E-state index contributed by atoms with van der Waals surface area (Å²) < 4.78 is 5.62. The second kappa shape index (κ2) is 7.37. The summed E-state index contributed by atoms with van der Waals surface area (Å²) in [7, 11) is 0. The molecule has 0 radical (unpaired) electrons. The van der Waals surface area contributed by atoms with E-state index in [4.69, 9.17) is 4.74 Å². The highest BCUT2D eigenvalue weighted by Crippen LogP contribution is 2.18. The molecule has 1 fully saturated rings. The molecule has 4 heteroatoms. The highest BCUT2D eigenvalue weighted by molar-refractivity contribution is 9.09. The number of hydrogen-bond donors (Lipinski definition) is 1. The minimum Gasteiger partial charge on any atom is -0.378 e. The van der Waals surface area contributed by atoms with E-state index >= 15 is 0 Å². The molecule has 0 bridgehead atoms. The Bertz CT molecular complexity index is 236. The van der Waals surface area contributed by atoms with Crippen molar-refractivity contribution in [2.75, 3.05) is 11.9 Å². The lowest BCUT2D eigenvalue weighted by molar-refractivity contribution is -0.123. The van der Waals surface area contributed by atoms with Crippen LogP contribution in [0, 0.1) is 0 Å². The molecule has 1 saturated heterocycles. The molecule has 2 atom stereocenters. The third kappa shape index (κ3) is 5.38. The number of carbonyl (C=O) groups is 1. The van der Waals surface area contributed by atoms with Gasteiger partial charge in [-0.25, -0.2) is 0 Å². The van der Waals surface area contributed by atoms with Crippen molar-refractivity contribution in [2.24, 2.45) is 0 Å². The van der Waals surface area contributed by atoms with Crippen molar-refractivity contribution in [1.82, 2.24) is 5.32 Å². The molecule has 17 heavy (non-hydrogen) atoms. The summed E-state index contributed by atoms with van der Waals surface area (Å²) in [6, 6.07) is 0. The Labute approximate surface area is 113 Å². The number of carbonyl (C=O) groups excluding carboxylic acids is 1. The van der Waals surface area contributed by atoms with E-state index in [-0.39, 0.29) is 11.4 Å². The van der Waals surface area contributed by atoms with Crippen molar-refractivity contribution in [3.63, 3.8) is 0 Å². The third-order valence-electron chi connectivity index (χ3n) is 3.48. The summed E-state index contributed by atoms with van der Waals surface area (Å²) in [5, 5.41) is 3.88. The average molecular weight is 306 g/mol. The van der Waals surface area contributed by atoms with Gasteiger partial charge in [-0.3, -0.25) is 4.79 Å². The first-order valence-electron chi connectivity index (χ1n) is 6.58. The Balaban J connectivity index is 2.24. The molecule has 1 rings (SSSR count). The molecule has 0 aromatic carbocycles. The van der Waals surface area contributed by atoms with Crippen LogP contribution in [0.5, 0.6) is 0 Å². The van der Waals surface area contributed by atoms with Gasteiger partial charge in [0, 0.05) is 23.9 Å². The summed E-state index contributed by atoms with van der Waals surface area (Å²) in [6.45, 7) is 5.02. The third-order valence-corrected chi connectivity index (χ3v) is 4.72. The van der Waals surface area contributed by atoms with Crippen LogP contribution in [-0.4, -0.2) is 29.5 Å². The van der Waals surface area contributed by atoms with Gasteiger partial charge >= 0.3 is 0 Å². The van der Waals surface area contributed by atoms with Gasteiger partial charge in [0.15, 0.2) is 0 Å². The minimum atomic E-state index is -0.121. The largest absolute Gasteiger partial charge is 0.378 e. The molecule has 1 aliphatic rings. The molecule has 0 spiro atoms. The Hall–Kier alpha value is -0.0900. The highest BCUT2D eigenvalue weighted by Gasteiger charge is 2.23. The van der Waals surface area contributed by atoms with E-state index in [0.29, 0.717) is 12.5 Å². The molecule has 1 aliphatic heterocycles. The number of halogens is 1. The van der Waals surface area contributed by atoms with Gasteiger partial charge in [-0.1, -0.05) is 22.9 Å². The number of rotatable bonds is 6. The number of nitrogens with one attached hydrogen (secondary N) is 1. The highest BCUT2D eigenvalue weighted by atomic mass is 79.9. The molecule has 3 nitrogen and oxygen atoms in total. The van der Waals surface area contributed by atoms with Crippen LogP contribution in [0.3, 0.4) is 0 Å². The predicted molar refractivity (Wildman–Crippen MR) is 73.5 cm³/mol. The fourth-order valence-electron chi connectivity index (χ4n) is 1.94. The SMILES string of the molecule is CCC(C)(CBr)NC(=O)CCC1CCCCO1. The fraction of sp³-hybridized carbons (Fsp3) is 0.923. The number of hydrogen-bond acceptors (Lipinski definition) is 2. The zero-order valence-corrected chi connectivity index (χ0v) is 12.5. The average Bonchev–Trinajstić information content (AvgIpc) is 2.37. The lowest BCUT2D eigenvalue weighted by Gasteiger charge is -2.28. The summed E-state index contributed by atoms with van der Waals surface area (Å²) in [6.07, 6.45) is 6.17. The maximum atomic E-state index is 11.8. The topological polar surface area (TPSA) is 38.3 Å². The molecule has 1 amide bonds. The molecule has 1 N–H and O–H groups in total. The van der Waals surface area contributed by atoms with Crippen LogP contribution in [0.15, 0.2) is 0 Å². The maximum Gasteiger partial charge on any atom is 0.220 e. The second-order valence-corrected chi connectivity index (χ2v) is 5.68. The molecule has 2 unspecified atom stereocenters. The van der Waals surface area contributed by atoms with Crippen LogP contribution in [-0.2, 0) is 9.53 Å². The predicted octanol–water partition coefficient (Wildman–Crippen LogP) is 3.02. The van der Waals surface area contributed by atoms with E-state index < -0.39 is 0 Å². The fourth-order valence-corrected chi connectivity index (χ4v) is 2.48. The maximum absolute atomic E-state index is 11.8. The Morgan fingerprint density at radius 2 is 2.29 bits per heavy atom. The summed E-state index contributed by atoms with van der Waals surface area (Å²) in [5.74, 6) is 0.142. The monoisotopic (exact) mass is 305 g/mol. The van der Waals surface area contributed by atoms with Gasteiger partial charge in [0.05, 0.1) is 6.10 Å². The normalized spacial score (nSPS) is 24.1. The zero-order chi connectivity index (χ0) is 12.7. The molecule has 1 heterocycles. The molecular formula is C13H24BrNO2. The van der Waals surface area contributed by atoms with Crippen molar-refractivity contribution >= 4 is 21.8 Å². The molecular weight excluding hydrogens is 282 g/mol. The first-order chi connectivity index (χ1) is 8.09. The Morgan fingerprint density at radius 3 is 2.82 bits per heavy atom. The summed E-state index contributed by atoms with van der Waals surface area (Å²) in [5.41, 5.74) is -0.121. The van der Waals surface area contributed by atoms with Crippen LogP contribution in [0.4, 0.5) is 0 Å². The molecule has 0 aromatic heterocycles. The van der Waals surface area contributed by atoms with Gasteiger partial charge in [0.1, 0.15) is 0 Å². The van der Waals surface area contributed by atoms with E-state index in [0.717, 1.165) is 31.2 Å². The smallest absolute Gasteiger partial charge is 0.220 e. The van der Waals surface area contributed by atoms with Crippen molar-refractivity contribution < 1.29 is 9.53 Å². The van der Waals surface area contributed by atoms with Crippen LogP contribution < -0.4 is 5.32 Å². The minimum absolute atomic E-state index is 0.121. The Morgan fingerprint density at radius 1 is 1.53 bits per heavy atom.